The van der Waals surface area contributed by atoms with Crippen molar-refractivity contribution >= 4 is 0 Å². The summed E-state index contributed by atoms with van der Waals surface area (Å²) >= 11 is 0. The monoisotopic (exact) mass is 201 g/mol. The number of hydrogen-bond acceptors (Lipinski definition) is 1. The molecule has 0 spiro atoms. The molecule has 0 unspecified atom stereocenters. The van der Waals surface area contributed by atoms with Crippen LogP contribution in [0.1, 0.15) is 37.8 Å². The Labute approximate surface area is 92.7 Å². The summed E-state index contributed by atoms with van der Waals surface area (Å²) < 4.78 is 0. The lowest BCUT2D eigenvalue weighted by Gasteiger charge is -2.05. The van der Waals surface area contributed by atoms with Gasteiger partial charge in [-0.05, 0) is 36.3 Å². The molecule has 0 heterocycles. The molecule has 0 aliphatic heterocycles. The van der Waals surface area contributed by atoms with Gasteiger partial charge in [0.15, 0.2) is 0 Å². The van der Waals surface area contributed by atoms with Gasteiger partial charge in [0, 0.05) is 6.42 Å². The Balaban J connectivity index is 2.46. The number of nitrogens with zero attached hydrogens (tertiary/aromatic N) is 1. The molecule has 1 rings (SSSR count). The average molecular weight is 201 g/mol. The summed E-state index contributed by atoms with van der Waals surface area (Å²) in [7, 11) is 0. The van der Waals surface area contributed by atoms with Crippen LogP contribution in [0.3, 0.4) is 0 Å². The summed E-state index contributed by atoms with van der Waals surface area (Å²) in [6.07, 6.45) is 3.81. The van der Waals surface area contributed by atoms with Gasteiger partial charge >= 0.3 is 0 Å². The molecule has 1 nitrogen and oxygen atoms in total. The van der Waals surface area contributed by atoms with E-state index in [2.05, 4.69) is 44.2 Å². The van der Waals surface area contributed by atoms with Crippen LogP contribution in [0.15, 0.2) is 24.3 Å². The molecule has 0 atom stereocenters. The van der Waals surface area contributed by atoms with E-state index < -0.39 is 0 Å². The van der Waals surface area contributed by atoms with Crippen LogP contribution in [0, 0.1) is 17.2 Å². The fourth-order valence-corrected chi connectivity index (χ4v) is 1.68. The van der Waals surface area contributed by atoms with Gasteiger partial charge in [-0.3, -0.25) is 0 Å². The fraction of sp³-hybridized carbons (Fsp3) is 0.500. The van der Waals surface area contributed by atoms with Crippen LogP contribution in [0.2, 0.25) is 0 Å². The SMILES string of the molecule is CC(C)Cc1ccc(CCCC#N)cc1. The minimum Gasteiger partial charge on any atom is -0.198 e. The maximum Gasteiger partial charge on any atom is 0.0621 e. The highest BCUT2D eigenvalue weighted by Crippen LogP contribution is 2.11. The molecular weight excluding hydrogens is 182 g/mol. The Hall–Kier alpha value is -1.29. The van der Waals surface area contributed by atoms with Gasteiger partial charge in [-0.2, -0.15) is 5.26 Å². The topological polar surface area (TPSA) is 23.8 Å². The summed E-state index contributed by atoms with van der Waals surface area (Å²) in [6.45, 7) is 4.47. The van der Waals surface area contributed by atoms with E-state index in [1.54, 1.807) is 0 Å². The van der Waals surface area contributed by atoms with Gasteiger partial charge in [-0.1, -0.05) is 38.1 Å². The second kappa shape index (κ2) is 6.24. The fourth-order valence-electron chi connectivity index (χ4n) is 1.68. The number of unbranched alkanes of at least 4 members (excludes halogenated alkanes) is 1. The molecule has 0 N–H and O–H groups in total. The van der Waals surface area contributed by atoms with E-state index in [1.807, 2.05) is 0 Å². The van der Waals surface area contributed by atoms with Crippen molar-refractivity contribution in [2.45, 2.75) is 39.5 Å². The summed E-state index contributed by atoms with van der Waals surface area (Å²) in [5, 5.41) is 8.44. The molecule has 0 radical (unpaired) electrons. The lowest BCUT2D eigenvalue weighted by Crippen LogP contribution is -1.94. The van der Waals surface area contributed by atoms with E-state index in [0.29, 0.717) is 6.42 Å². The van der Waals surface area contributed by atoms with Crippen molar-refractivity contribution in [2.24, 2.45) is 5.92 Å². The molecule has 0 aliphatic rings. The van der Waals surface area contributed by atoms with Crippen LogP contribution in [0.25, 0.3) is 0 Å². The average Bonchev–Trinajstić information content (AvgIpc) is 2.20. The highest BCUT2D eigenvalue weighted by Gasteiger charge is 1.98. The maximum absolute atomic E-state index is 8.44. The minimum absolute atomic E-state index is 0.660. The van der Waals surface area contributed by atoms with E-state index in [-0.39, 0.29) is 0 Å². The highest BCUT2D eigenvalue weighted by molar-refractivity contribution is 5.22. The zero-order valence-electron chi connectivity index (χ0n) is 9.66. The summed E-state index contributed by atoms with van der Waals surface area (Å²) in [5.74, 6) is 0.717. The Morgan fingerprint density at radius 2 is 1.73 bits per heavy atom. The third-order valence-electron chi connectivity index (χ3n) is 2.42. The highest BCUT2D eigenvalue weighted by atomic mass is 14.2. The molecule has 0 aliphatic carbocycles. The summed E-state index contributed by atoms with van der Waals surface area (Å²) in [4.78, 5) is 0. The predicted molar refractivity (Wildman–Crippen MR) is 63.5 cm³/mol. The number of rotatable bonds is 5. The summed E-state index contributed by atoms with van der Waals surface area (Å²) in [5.41, 5.74) is 2.76. The van der Waals surface area contributed by atoms with Gasteiger partial charge in [0.1, 0.15) is 0 Å². The first-order chi connectivity index (χ1) is 7.22. The molecule has 1 heteroatoms. The number of hydrogen-bond donors (Lipinski definition) is 0. The number of nitriles is 1. The van der Waals surface area contributed by atoms with E-state index in [1.165, 1.54) is 11.1 Å². The molecular formula is C14H19N. The second-order valence-electron chi connectivity index (χ2n) is 4.43. The molecule has 1 aromatic carbocycles. The molecule has 0 bridgehead atoms. The molecule has 80 valence electrons. The van der Waals surface area contributed by atoms with Crippen LogP contribution >= 0.6 is 0 Å². The predicted octanol–water partition coefficient (Wildman–Crippen LogP) is 3.73. The molecule has 0 saturated heterocycles. The largest absolute Gasteiger partial charge is 0.198 e. The molecule has 15 heavy (non-hydrogen) atoms. The van der Waals surface area contributed by atoms with Gasteiger partial charge in [0.25, 0.3) is 0 Å². The Bertz CT molecular complexity index is 316. The first-order valence-electron chi connectivity index (χ1n) is 5.67. The lowest BCUT2D eigenvalue weighted by molar-refractivity contribution is 0.647. The summed E-state index contributed by atoms with van der Waals surface area (Å²) in [6, 6.07) is 11.0. The molecule has 0 fully saturated rings. The zero-order chi connectivity index (χ0) is 11.1. The minimum atomic E-state index is 0.660. The van der Waals surface area contributed by atoms with Crippen molar-refractivity contribution in [3.63, 3.8) is 0 Å². The Morgan fingerprint density at radius 3 is 2.27 bits per heavy atom. The van der Waals surface area contributed by atoms with Crippen LogP contribution in [0.4, 0.5) is 0 Å². The first kappa shape index (κ1) is 11.8. The molecule has 0 aromatic heterocycles. The molecule has 0 amide bonds. The van der Waals surface area contributed by atoms with Gasteiger partial charge in [-0.25, -0.2) is 0 Å². The van der Waals surface area contributed by atoms with Crippen LogP contribution in [0.5, 0.6) is 0 Å². The Morgan fingerprint density at radius 1 is 1.13 bits per heavy atom. The second-order valence-corrected chi connectivity index (χ2v) is 4.43. The molecule has 0 saturated carbocycles. The third-order valence-corrected chi connectivity index (χ3v) is 2.42. The van der Waals surface area contributed by atoms with Crippen LogP contribution in [-0.4, -0.2) is 0 Å². The van der Waals surface area contributed by atoms with Crippen LogP contribution in [-0.2, 0) is 12.8 Å². The maximum atomic E-state index is 8.44. The van der Waals surface area contributed by atoms with Crippen molar-refractivity contribution in [3.8, 4) is 6.07 Å². The van der Waals surface area contributed by atoms with Crippen molar-refractivity contribution in [3.05, 3.63) is 35.4 Å². The Kier molecular flexibility index (Phi) is 4.90. The van der Waals surface area contributed by atoms with E-state index in [4.69, 9.17) is 5.26 Å². The first-order valence-corrected chi connectivity index (χ1v) is 5.67. The van der Waals surface area contributed by atoms with E-state index >= 15 is 0 Å². The smallest absolute Gasteiger partial charge is 0.0621 e. The van der Waals surface area contributed by atoms with Crippen LogP contribution < -0.4 is 0 Å². The van der Waals surface area contributed by atoms with Crippen molar-refractivity contribution in [1.82, 2.24) is 0 Å². The number of aryl methyl sites for hydroxylation is 1. The van der Waals surface area contributed by atoms with Gasteiger partial charge in [0.2, 0.25) is 0 Å². The third kappa shape index (κ3) is 4.65. The normalized spacial score (nSPS) is 10.3. The number of benzene rings is 1. The van der Waals surface area contributed by atoms with Gasteiger partial charge in [-0.15, -0.1) is 0 Å². The van der Waals surface area contributed by atoms with E-state index in [9.17, 15) is 0 Å². The van der Waals surface area contributed by atoms with Crippen molar-refractivity contribution in [1.29, 1.82) is 5.26 Å². The lowest BCUT2D eigenvalue weighted by atomic mass is 10.0. The zero-order valence-corrected chi connectivity index (χ0v) is 9.66. The quantitative estimate of drug-likeness (QED) is 0.666. The van der Waals surface area contributed by atoms with E-state index in [0.717, 1.165) is 25.2 Å². The van der Waals surface area contributed by atoms with Crippen molar-refractivity contribution in [2.75, 3.05) is 0 Å². The molecule has 1 aromatic rings. The standard InChI is InChI=1S/C14H19N/c1-12(2)11-14-8-6-13(7-9-14)5-3-4-10-15/h6-9,12H,3-5,11H2,1-2H3. The van der Waals surface area contributed by atoms with Crippen molar-refractivity contribution < 1.29 is 0 Å². The van der Waals surface area contributed by atoms with Gasteiger partial charge < -0.3 is 0 Å². The van der Waals surface area contributed by atoms with Gasteiger partial charge in [0.05, 0.1) is 6.07 Å².